The largest absolute Gasteiger partial charge is 0.418 e. The number of thioether (sulfide) groups is 1. The van der Waals surface area contributed by atoms with E-state index in [0.717, 1.165) is 57.1 Å². The van der Waals surface area contributed by atoms with E-state index >= 15 is 0 Å². The van der Waals surface area contributed by atoms with Gasteiger partial charge in [-0.2, -0.15) is 13.2 Å². The first kappa shape index (κ1) is 30.5. The van der Waals surface area contributed by atoms with Crippen LogP contribution >= 0.6 is 11.8 Å². The lowest BCUT2D eigenvalue weighted by Gasteiger charge is -2.26. The Morgan fingerprint density at radius 2 is 1.71 bits per heavy atom. The van der Waals surface area contributed by atoms with Crippen molar-refractivity contribution in [2.45, 2.75) is 37.1 Å². The van der Waals surface area contributed by atoms with Crippen molar-refractivity contribution in [3.05, 3.63) is 64.4 Å². The summed E-state index contributed by atoms with van der Waals surface area (Å²) >= 11 is 0.950. The van der Waals surface area contributed by atoms with E-state index < -0.39 is 17.6 Å². The zero-order chi connectivity index (χ0) is 29.2. The number of aromatic nitrogens is 2. The van der Waals surface area contributed by atoms with Gasteiger partial charge in [-0.25, -0.2) is 4.98 Å². The molecule has 0 radical (unpaired) electrons. The molecule has 0 saturated carbocycles. The Labute approximate surface area is 239 Å². The molecule has 0 unspecified atom stereocenters. The first-order valence-electron chi connectivity index (χ1n) is 13.4. The number of halogens is 3. The fourth-order valence-corrected chi connectivity index (χ4v) is 5.28. The molecule has 13 heteroatoms. The van der Waals surface area contributed by atoms with Gasteiger partial charge in [0.25, 0.3) is 5.56 Å². The average molecular weight is 592 g/mol. The van der Waals surface area contributed by atoms with E-state index in [0.29, 0.717) is 23.9 Å². The van der Waals surface area contributed by atoms with Gasteiger partial charge in [0.05, 0.1) is 41.1 Å². The van der Waals surface area contributed by atoms with Crippen LogP contribution in [0, 0.1) is 0 Å². The van der Waals surface area contributed by atoms with E-state index in [1.54, 1.807) is 24.3 Å². The van der Waals surface area contributed by atoms with E-state index in [9.17, 15) is 27.6 Å². The summed E-state index contributed by atoms with van der Waals surface area (Å²) < 4.78 is 46.6. The van der Waals surface area contributed by atoms with Gasteiger partial charge in [-0.05, 0) is 43.7 Å². The van der Waals surface area contributed by atoms with Crippen LogP contribution in [-0.2, 0) is 27.0 Å². The van der Waals surface area contributed by atoms with Gasteiger partial charge >= 0.3 is 6.18 Å². The molecule has 220 valence electrons. The van der Waals surface area contributed by atoms with Gasteiger partial charge in [-0.1, -0.05) is 36.0 Å². The van der Waals surface area contributed by atoms with Crippen molar-refractivity contribution in [1.82, 2.24) is 19.8 Å². The number of hydrogen-bond acceptors (Lipinski definition) is 7. The van der Waals surface area contributed by atoms with Crippen molar-refractivity contribution in [3.8, 4) is 0 Å². The minimum Gasteiger partial charge on any atom is -0.379 e. The monoisotopic (exact) mass is 591 g/mol. The van der Waals surface area contributed by atoms with E-state index in [1.165, 1.54) is 22.8 Å². The molecule has 41 heavy (non-hydrogen) atoms. The van der Waals surface area contributed by atoms with Gasteiger partial charge in [0.2, 0.25) is 11.8 Å². The summed E-state index contributed by atoms with van der Waals surface area (Å²) in [6, 6.07) is 11.5. The number of carbonyl (C=O) groups excluding carboxylic acids is 2. The van der Waals surface area contributed by atoms with Crippen LogP contribution in [0.4, 0.5) is 18.9 Å². The van der Waals surface area contributed by atoms with Crippen molar-refractivity contribution in [2.24, 2.45) is 0 Å². The van der Waals surface area contributed by atoms with Crippen LogP contribution in [0.2, 0.25) is 0 Å². The number of nitrogens with zero attached hydrogens (tertiary/aromatic N) is 3. The lowest BCUT2D eigenvalue weighted by Crippen LogP contribution is -2.38. The molecule has 2 amide bonds. The number of nitrogens with one attached hydrogen (secondary N) is 2. The maximum atomic E-state index is 13.3. The highest BCUT2D eigenvalue weighted by Gasteiger charge is 2.33. The molecular weight excluding hydrogens is 559 g/mol. The maximum Gasteiger partial charge on any atom is 0.418 e. The zero-order valence-electron chi connectivity index (χ0n) is 22.4. The van der Waals surface area contributed by atoms with Gasteiger partial charge in [0, 0.05) is 32.6 Å². The lowest BCUT2D eigenvalue weighted by molar-refractivity contribution is -0.137. The number of ether oxygens (including phenoxy) is 1. The summed E-state index contributed by atoms with van der Waals surface area (Å²) in [7, 11) is 0. The second-order valence-electron chi connectivity index (χ2n) is 9.51. The van der Waals surface area contributed by atoms with Crippen molar-refractivity contribution >= 4 is 40.2 Å². The summed E-state index contributed by atoms with van der Waals surface area (Å²) in [5.41, 5.74) is -1.16. The number of anilines is 1. The summed E-state index contributed by atoms with van der Waals surface area (Å²) in [5, 5.41) is 5.86. The molecule has 9 nitrogen and oxygen atoms in total. The number of rotatable bonds is 12. The molecule has 0 bridgehead atoms. The molecule has 2 aromatic carbocycles. The quantitative estimate of drug-likeness (QED) is 0.188. The molecule has 2 heterocycles. The molecule has 1 saturated heterocycles. The second-order valence-corrected chi connectivity index (χ2v) is 10.5. The smallest absolute Gasteiger partial charge is 0.379 e. The Morgan fingerprint density at radius 3 is 2.49 bits per heavy atom. The average Bonchev–Trinajstić information content (AvgIpc) is 2.96. The molecule has 0 spiro atoms. The molecule has 2 N–H and O–H groups in total. The highest BCUT2D eigenvalue weighted by atomic mass is 32.2. The number of fused-ring (bicyclic) bond motifs is 1. The third-order valence-corrected chi connectivity index (χ3v) is 7.50. The summed E-state index contributed by atoms with van der Waals surface area (Å²) in [5.74, 6) is -1.05. The first-order chi connectivity index (χ1) is 19.7. The number of carbonyl (C=O) groups is 2. The van der Waals surface area contributed by atoms with Crippen LogP contribution in [0.15, 0.2) is 58.5 Å². The number of hydrogen-bond donors (Lipinski definition) is 2. The number of morpholine rings is 1. The maximum absolute atomic E-state index is 13.3. The zero-order valence-corrected chi connectivity index (χ0v) is 23.2. The molecule has 1 aliphatic heterocycles. The molecule has 0 atom stereocenters. The normalized spacial score (nSPS) is 14.2. The topological polar surface area (TPSA) is 106 Å². The summed E-state index contributed by atoms with van der Waals surface area (Å²) in [6.45, 7) is 4.88. The number of alkyl halides is 3. The third kappa shape index (κ3) is 8.78. The van der Waals surface area contributed by atoms with Gasteiger partial charge < -0.3 is 15.4 Å². The Kier molecular flexibility index (Phi) is 10.8. The Bertz CT molecular complexity index is 1410. The van der Waals surface area contributed by atoms with Crippen LogP contribution in [0.5, 0.6) is 0 Å². The fourth-order valence-electron chi connectivity index (χ4n) is 4.45. The first-order valence-corrected chi connectivity index (χ1v) is 14.4. The number of para-hydroxylation sites is 2. The molecule has 1 aromatic heterocycles. The van der Waals surface area contributed by atoms with Gasteiger partial charge in [-0.3, -0.25) is 23.9 Å². The van der Waals surface area contributed by atoms with E-state index in [-0.39, 0.29) is 41.0 Å². The van der Waals surface area contributed by atoms with Crippen LogP contribution in [-0.4, -0.2) is 71.4 Å². The van der Waals surface area contributed by atoms with Crippen LogP contribution in [0.1, 0.15) is 24.8 Å². The van der Waals surface area contributed by atoms with Gasteiger partial charge in [-0.15, -0.1) is 0 Å². The minimum absolute atomic E-state index is 0.120. The summed E-state index contributed by atoms with van der Waals surface area (Å²) in [4.78, 5) is 45.0. The Hall–Kier alpha value is -3.42. The van der Waals surface area contributed by atoms with Crippen LogP contribution < -0.4 is 16.2 Å². The molecule has 1 fully saturated rings. The van der Waals surface area contributed by atoms with Crippen molar-refractivity contribution in [3.63, 3.8) is 0 Å². The molecule has 0 aliphatic carbocycles. The highest BCUT2D eigenvalue weighted by Crippen LogP contribution is 2.34. The van der Waals surface area contributed by atoms with E-state index in [4.69, 9.17) is 4.74 Å². The number of amides is 2. The molecule has 3 aromatic rings. The molecule has 1 aliphatic rings. The summed E-state index contributed by atoms with van der Waals surface area (Å²) in [6.07, 6.45) is -3.22. The van der Waals surface area contributed by atoms with Crippen LogP contribution in [0.3, 0.4) is 0 Å². The van der Waals surface area contributed by atoms with Crippen molar-refractivity contribution in [2.75, 3.05) is 50.5 Å². The van der Waals surface area contributed by atoms with E-state index in [2.05, 4.69) is 20.5 Å². The predicted molar refractivity (Wildman–Crippen MR) is 151 cm³/mol. The van der Waals surface area contributed by atoms with Crippen molar-refractivity contribution in [1.29, 1.82) is 0 Å². The predicted octanol–water partition coefficient (Wildman–Crippen LogP) is 3.76. The second kappa shape index (κ2) is 14.5. The van der Waals surface area contributed by atoms with E-state index in [1.807, 2.05) is 0 Å². The Balaban J connectivity index is 1.35. The molecule has 4 rings (SSSR count). The SMILES string of the molecule is O=C(CCCn1c(SCC(=O)Nc2ccccc2C(F)(F)F)nc2ccccc2c1=O)NCCCN1CCOCC1. The lowest BCUT2D eigenvalue weighted by atomic mass is 10.1. The Morgan fingerprint density at radius 1 is 0.976 bits per heavy atom. The van der Waals surface area contributed by atoms with Crippen molar-refractivity contribution < 1.29 is 27.5 Å². The number of benzene rings is 2. The van der Waals surface area contributed by atoms with Gasteiger partial charge in [0.15, 0.2) is 5.16 Å². The highest BCUT2D eigenvalue weighted by molar-refractivity contribution is 7.99. The minimum atomic E-state index is -4.62. The third-order valence-electron chi connectivity index (χ3n) is 6.53. The van der Waals surface area contributed by atoms with Gasteiger partial charge in [0.1, 0.15) is 0 Å². The molecular formula is C28H32F3N5O4S. The fraction of sp³-hybridized carbons (Fsp3) is 0.429. The standard InChI is InChI=1S/C28H32F3N5O4S/c29-28(30,31)21-8-2-4-10-23(21)33-25(38)19-41-27-34-22-9-3-1-7-20(22)26(39)36(27)14-5-11-24(37)32-12-6-13-35-15-17-40-18-16-35/h1-4,7-10H,5-6,11-19H2,(H,32,37)(H,33,38). The van der Waals surface area contributed by atoms with Crippen LogP contribution in [0.25, 0.3) is 10.9 Å².